The van der Waals surface area contributed by atoms with Crippen LogP contribution in [0, 0.1) is 0 Å². The predicted molar refractivity (Wildman–Crippen MR) is 163 cm³/mol. The zero-order valence-electron chi connectivity index (χ0n) is 23.5. The first-order valence-electron chi connectivity index (χ1n) is 14.6. The molecule has 2 amide bonds. The number of ether oxygens (including phenoxy) is 1. The lowest BCUT2D eigenvalue weighted by atomic mass is 9.78. The van der Waals surface area contributed by atoms with Gasteiger partial charge in [-0.15, -0.1) is 5.10 Å². The van der Waals surface area contributed by atoms with Crippen molar-refractivity contribution in [2.75, 3.05) is 36.5 Å². The SMILES string of the molecule is O=C(Cn1nnc2ccccc21)N(Cc1ccc(Cl)cc1)C1(C(=O)Nc2ccc(N3CCOCC3)cc2)CCCCC1. The van der Waals surface area contributed by atoms with E-state index in [1.54, 1.807) is 9.58 Å². The second-order valence-electron chi connectivity index (χ2n) is 11.0. The number of fused-ring (bicyclic) bond motifs is 1. The van der Waals surface area contributed by atoms with Crippen LogP contribution >= 0.6 is 11.6 Å². The molecule has 1 aliphatic carbocycles. The van der Waals surface area contributed by atoms with Gasteiger partial charge in [0, 0.05) is 36.0 Å². The number of hydrogen-bond acceptors (Lipinski definition) is 6. The Morgan fingerprint density at radius 2 is 1.64 bits per heavy atom. The van der Waals surface area contributed by atoms with Crippen molar-refractivity contribution >= 4 is 45.8 Å². The largest absolute Gasteiger partial charge is 0.378 e. The summed E-state index contributed by atoms with van der Waals surface area (Å²) in [5, 5.41) is 12.3. The van der Waals surface area contributed by atoms with Gasteiger partial charge in [-0.1, -0.05) is 60.3 Å². The molecule has 9 nitrogen and oxygen atoms in total. The fraction of sp³-hybridized carbons (Fsp3) is 0.375. The maximum Gasteiger partial charge on any atom is 0.250 e. The molecule has 3 aromatic carbocycles. The van der Waals surface area contributed by atoms with Crippen LogP contribution in [0.4, 0.5) is 11.4 Å². The van der Waals surface area contributed by atoms with Gasteiger partial charge in [-0.25, -0.2) is 4.68 Å². The van der Waals surface area contributed by atoms with Crippen LogP contribution in [0.15, 0.2) is 72.8 Å². The molecule has 0 unspecified atom stereocenters. The summed E-state index contributed by atoms with van der Waals surface area (Å²) < 4.78 is 7.09. The van der Waals surface area contributed by atoms with E-state index in [0.29, 0.717) is 36.8 Å². The second-order valence-corrected chi connectivity index (χ2v) is 11.5. The third-order valence-corrected chi connectivity index (χ3v) is 8.63. The number of carbonyl (C=O) groups excluding carboxylic acids is 2. The van der Waals surface area contributed by atoms with Crippen LogP contribution in [-0.4, -0.2) is 63.6 Å². The lowest BCUT2D eigenvalue weighted by Gasteiger charge is -2.45. The van der Waals surface area contributed by atoms with Gasteiger partial charge in [-0.3, -0.25) is 9.59 Å². The minimum absolute atomic E-state index is 0.0165. The molecular weight excluding hydrogens is 552 g/mol. The van der Waals surface area contributed by atoms with E-state index in [2.05, 4.69) is 20.5 Å². The zero-order chi connectivity index (χ0) is 28.9. The quantitative estimate of drug-likeness (QED) is 0.301. The van der Waals surface area contributed by atoms with E-state index in [-0.39, 0.29) is 24.9 Å². The molecule has 1 aliphatic heterocycles. The van der Waals surface area contributed by atoms with Gasteiger partial charge in [0.2, 0.25) is 11.8 Å². The summed E-state index contributed by atoms with van der Waals surface area (Å²) in [6.45, 7) is 3.38. The van der Waals surface area contributed by atoms with Crippen molar-refractivity contribution in [1.82, 2.24) is 19.9 Å². The fourth-order valence-electron chi connectivity index (χ4n) is 6.08. The molecule has 0 spiro atoms. The van der Waals surface area contributed by atoms with Gasteiger partial charge in [-0.2, -0.15) is 0 Å². The van der Waals surface area contributed by atoms with Gasteiger partial charge >= 0.3 is 0 Å². The average Bonchev–Trinajstić information content (AvgIpc) is 3.44. The molecule has 6 rings (SSSR count). The Hall–Kier alpha value is -3.95. The summed E-state index contributed by atoms with van der Waals surface area (Å²) in [7, 11) is 0. The molecule has 2 heterocycles. The highest BCUT2D eigenvalue weighted by molar-refractivity contribution is 6.30. The normalized spacial score (nSPS) is 16.7. The molecule has 10 heteroatoms. The van der Waals surface area contributed by atoms with Gasteiger partial charge in [0.25, 0.3) is 0 Å². The number of para-hydroxylation sites is 1. The molecule has 0 radical (unpaired) electrons. The molecule has 42 heavy (non-hydrogen) atoms. The molecule has 1 saturated heterocycles. The standard InChI is InChI=1S/C32H35ClN6O3/c33-25-10-8-24(9-11-25)22-38(30(40)23-39-29-7-3-2-6-28(29)35-36-39)32(16-4-1-5-17-32)31(41)34-26-12-14-27(15-13-26)37-18-20-42-21-19-37/h2-3,6-15H,1,4-5,16-23H2,(H,34,41). The van der Waals surface area contributed by atoms with Crippen LogP contribution < -0.4 is 10.2 Å². The van der Waals surface area contributed by atoms with Gasteiger partial charge in [0.15, 0.2) is 0 Å². The summed E-state index contributed by atoms with van der Waals surface area (Å²) in [6.07, 6.45) is 3.92. The summed E-state index contributed by atoms with van der Waals surface area (Å²) in [6, 6.07) is 22.9. The lowest BCUT2D eigenvalue weighted by molar-refractivity contribution is -0.149. The van der Waals surface area contributed by atoms with E-state index in [1.165, 1.54) is 0 Å². The van der Waals surface area contributed by atoms with E-state index in [0.717, 1.165) is 54.6 Å². The summed E-state index contributed by atoms with van der Waals surface area (Å²) >= 11 is 6.17. The van der Waals surface area contributed by atoms with Crippen molar-refractivity contribution in [2.24, 2.45) is 0 Å². The Labute approximate surface area is 250 Å². The summed E-state index contributed by atoms with van der Waals surface area (Å²) in [4.78, 5) is 32.6. The van der Waals surface area contributed by atoms with Gasteiger partial charge in [0.05, 0.1) is 18.7 Å². The number of hydrogen-bond donors (Lipinski definition) is 1. The van der Waals surface area contributed by atoms with Crippen molar-refractivity contribution < 1.29 is 14.3 Å². The highest BCUT2D eigenvalue weighted by Crippen LogP contribution is 2.37. The predicted octanol–water partition coefficient (Wildman–Crippen LogP) is 5.29. The number of aromatic nitrogens is 3. The van der Waals surface area contributed by atoms with Crippen LogP contribution in [0.1, 0.15) is 37.7 Å². The van der Waals surface area contributed by atoms with Crippen LogP contribution in [0.2, 0.25) is 5.02 Å². The maximum atomic E-state index is 14.3. The van der Waals surface area contributed by atoms with Gasteiger partial charge in [-0.05, 0) is 66.9 Å². The highest BCUT2D eigenvalue weighted by atomic mass is 35.5. The fourth-order valence-corrected chi connectivity index (χ4v) is 6.20. The van der Waals surface area contributed by atoms with Gasteiger partial charge < -0.3 is 19.9 Å². The van der Waals surface area contributed by atoms with Crippen LogP contribution in [0.25, 0.3) is 11.0 Å². The molecule has 218 valence electrons. The maximum absolute atomic E-state index is 14.3. The molecule has 1 N–H and O–H groups in total. The van der Waals surface area contributed by atoms with E-state index in [9.17, 15) is 9.59 Å². The average molecular weight is 587 g/mol. The number of nitrogens with one attached hydrogen (secondary N) is 1. The Morgan fingerprint density at radius 1 is 0.929 bits per heavy atom. The molecule has 4 aromatic rings. The highest BCUT2D eigenvalue weighted by Gasteiger charge is 2.47. The first-order valence-corrected chi connectivity index (χ1v) is 15.0. The smallest absolute Gasteiger partial charge is 0.250 e. The van der Waals surface area contributed by atoms with Crippen molar-refractivity contribution in [3.05, 3.63) is 83.4 Å². The Kier molecular flexibility index (Phi) is 8.39. The molecule has 1 saturated carbocycles. The molecular formula is C32H35ClN6O3. The summed E-state index contributed by atoms with van der Waals surface area (Å²) in [5.41, 5.74) is 3.21. The number of benzene rings is 3. The van der Waals surface area contributed by atoms with Crippen molar-refractivity contribution in [3.8, 4) is 0 Å². The van der Waals surface area contributed by atoms with Crippen molar-refractivity contribution in [2.45, 2.75) is 50.7 Å². The Bertz CT molecular complexity index is 1530. The molecule has 0 atom stereocenters. The first-order chi connectivity index (χ1) is 20.5. The second kappa shape index (κ2) is 12.5. The lowest BCUT2D eigenvalue weighted by Crippen LogP contribution is -2.60. The first kappa shape index (κ1) is 28.2. The monoisotopic (exact) mass is 586 g/mol. The minimum atomic E-state index is -1.01. The number of anilines is 2. The topological polar surface area (TPSA) is 92.6 Å². The van der Waals surface area contributed by atoms with Crippen LogP contribution in [0.5, 0.6) is 0 Å². The molecule has 2 aliphatic rings. The van der Waals surface area contributed by atoms with E-state index in [1.807, 2.05) is 72.8 Å². The van der Waals surface area contributed by atoms with Crippen molar-refractivity contribution in [3.63, 3.8) is 0 Å². The van der Waals surface area contributed by atoms with Gasteiger partial charge in [0.1, 0.15) is 17.6 Å². The minimum Gasteiger partial charge on any atom is -0.378 e. The Morgan fingerprint density at radius 3 is 2.38 bits per heavy atom. The molecule has 0 bridgehead atoms. The molecule has 2 fully saturated rings. The van der Waals surface area contributed by atoms with E-state index in [4.69, 9.17) is 16.3 Å². The Balaban J connectivity index is 1.30. The number of nitrogens with zero attached hydrogens (tertiary/aromatic N) is 5. The zero-order valence-corrected chi connectivity index (χ0v) is 24.3. The summed E-state index contributed by atoms with van der Waals surface area (Å²) in [5.74, 6) is -0.340. The number of morpholine rings is 1. The number of carbonyl (C=O) groups is 2. The number of amides is 2. The number of rotatable bonds is 8. The van der Waals surface area contributed by atoms with Crippen molar-refractivity contribution in [1.29, 1.82) is 0 Å². The van der Waals surface area contributed by atoms with Crippen LogP contribution in [0.3, 0.4) is 0 Å². The third-order valence-electron chi connectivity index (χ3n) is 8.38. The van der Waals surface area contributed by atoms with E-state index < -0.39 is 5.54 Å². The molecule has 1 aromatic heterocycles. The third kappa shape index (κ3) is 5.98. The van der Waals surface area contributed by atoms with E-state index >= 15 is 0 Å². The van der Waals surface area contributed by atoms with Crippen LogP contribution in [-0.2, 0) is 27.4 Å². The number of halogens is 1.